The molecule has 0 atom stereocenters. The Balaban J connectivity index is 1.99. The van der Waals surface area contributed by atoms with Gasteiger partial charge in [-0.15, -0.1) is 11.3 Å². The number of hydrogen-bond acceptors (Lipinski definition) is 3. The van der Waals surface area contributed by atoms with Gasteiger partial charge in [0.15, 0.2) is 0 Å². The number of fused-ring (bicyclic) bond motifs is 1. The number of carbonyl (C=O) groups excluding carboxylic acids is 2. The summed E-state index contributed by atoms with van der Waals surface area (Å²) in [5.74, 6) is -0.221. The number of halogens is 1. The normalized spacial score (nSPS) is 13.5. The standard InChI is InChI=1S/C23H29ClN2O2S/c1-3-14-26(15-4-2)23(28)20-17-11-6-5-7-13-19(17)29-22(20)25-21(27)16-10-8-9-12-18(16)24/h8-10,12H,3-7,11,13-15H2,1-2H3,(H,25,27). The molecule has 0 saturated carbocycles. The van der Waals surface area contributed by atoms with Crippen LogP contribution in [0.15, 0.2) is 24.3 Å². The van der Waals surface area contributed by atoms with Crippen LogP contribution in [0.2, 0.25) is 5.02 Å². The molecule has 0 fully saturated rings. The van der Waals surface area contributed by atoms with Crippen LogP contribution in [0, 0.1) is 0 Å². The summed E-state index contributed by atoms with van der Waals surface area (Å²) in [7, 11) is 0. The molecule has 0 saturated heterocycles. The van der Waals surface area contributed by atoms with Crippen LogP contribution in [0.1, 0.15) is 77.1 Å². The van der Waals surface area contributed by atoms with Gasteiger partial charge in [-0.05, 0) is 56.2 Å². The quantitative estimate of drug-likeness (QED) is 0.530. The number of aryl methyl sites for hydroxylation is 1. The smallest absolute Gasteiger partial charge is 0.257 e. The van der Waals surface area contributed by atoms with Crippen LogP contribution < -0.4 is 5.32 Å². The molecule has 1 aliphatic rings. The summed E-state index contributed by atoms with van der Waals surface area (Å²) in [6, 6.07) is 7.00. The van der Waals surface area contributed by atoms with Crippen molar-refractivity contribution in [1.29, 1.82) is 0 Å². The van der Waals surface area contributed by atoms with Crippen LogP contribution in [-0.4, -0.2) is 29.8 Å². The van der Waals surface area contributed by atoms with Crippen LogP contribution in [0.4, 0.5) is 5.00 Å². The highest BCUT2D eigenvalue weighted by Crippen LogP contribution is 2.38. The van der Waals surface area contributed by atoms with Crippen molar-refractivity contribution in [3.63, 3.8) is 0 Å². The summed E-state index contributed by atoms with van der Waals surface area (Å²) >= 11 is 7.77. The van der Waals surface area contributed by atoms with E-state index >= 15 is 0 Å². The van der Waals surface area contributed by atoms with Crippen LogP contribution in [0.25, 0.3) is 0 Å². The number of carbonyl (C=O) groups is 2. The SMILES string of the molecule is CCCN(CCC)C(=O)c1c(NC(=O)c2ccccc2Cl)sc2c1CCCCC2. The van der Waals surface area contributed by atoms with Gasteiger partial charge in [0.2, 0.25) is 0 Å². The third kappa shape index (κ3) is 5.01. The molecule has 1 aromatic carbocycles. The fourth-order valence-corrected chi connectivity index (χ4v) is 5.38. The highest BCUT2D eigenvalue weighted by Gasteiger charge is 2.28. The molecule has 1 heterocycles. The Labute approximate surface area is 182 Å². The molecular formula is C23H29ClN2O2S. The van der Waals surface area contributed by atoms with Gasteiger partial charge < -0.3 is 10.2 Å². The largest absolute Gasteiger partial charge is 0.339 e. The van der Waals surface area contributed by atoms with Crippen LogP contribution in [0.5, 0.6) is 0 Å². The van der Waals surface area contributed by atoms with Gasteiger partial charge in [0.1, 0.15) is 5.00 Å². The Morgan fingerprint density at radius 1 is 1.07 bits per heavy atom. The van der Waals surface area contributed by atoms with Crippen molar-refractivity contribution in [2.75, 3.05) is 18.4 Å². The Bertz CT molecular complexity index is 872. The lowest BCUT2D eigenvalue weighted by Crippen LogP contribution is -2.33. The monoisotopic (exact) mass is 432 g/mol. The summed E-state index contributed by atoms with van der Waals surface area (Å²) in [6.07, 6.45) is 7.11. The first kappa shape index (κ1) is 21.8. The first-order valence-electron chi connectivity index (χ1n) is 10.6. The lowest BCUT2D eigenvalue weighted by molar-refractivity contribution is 0.0756. The average molecular weight is 433 g/mol. The molecule has 1 N–H and O–H groups in total. The third-order valence-electron chi connectivity index (χ3n) is 5.25. The van der Waals surface area contributed by atoms with E-state index in [2.05, 4.69) is 19.2 Å². The fraction of sp³-hybridized carbons (Fsp3) is 0.478. The average Bonchev–Trinajstić information content (AvgIpc) is 2.88. The molecule has 156 valence electrons. The number of hydrogen-bond donors (Lipinski definition) is 1. The predicted octanol–water partition coefficient (Wildman–Crippen LogP) is 6.18. The molecule has 2 amide bonds. The summed E-state index contributed by atoms with van der Waals surface area (Å²) < 4.78 is 0. The molecule has 0 spiro atoms. The molecule has 0 bridgehead atoms. The van der Waals surface area contributed by atoms with E-state index in [1.165, 1.54) is 11.3 Å². The maximum absolute atomic E-state index is 13.5. The summed E-state index contributed by atoms with van der Waals surface area (Å²) in [4.78, 5) is 29.6. The number of rotatable bonds is 7. The van der Waals surface area contributed by atoms with Crippen LogP contribution >= 0.6 is 22.9 Å². The van der Waals surface area contributed by atoms with E-state index in [0.29, 0.717) is 21.2 Å². The first-order valence-corrected chi connectivity index (χ1v) is 11.8. The molecule has 0 radical (unpaired) electrons. The lowest BCUT2D eigenvalue weighted by atomic mass is 10.0. The zero-order valence-electron chi connectivity index (χ0n) is 17.2. The van der Waals surface area contributed by atoms with Crippen LogP contribution in [-0.2, 0) is 12.8 Å². The molecule has 0 aliphatic heterocycles. The molecule has 6 heteroatoms. The lowest BCUT2D eigenvalue weighted by Gasteiger charge is -2.22. The molecule has 0 unspecified atom stereocenters. The maximum atomic E-state index is 13.5. The predicted molar refractivity (Wildman–Crippen MR) is 121 cm³/mol. The maximum Gasteiger partial charge on any atom is 0.257 e. The number of nitrogens with zero attached hydrogens (tertiary/aromatic N) is 1. The van der Waals surface area contributed by atoms with E-state index in [0.717, 1.165) is 57.2 Å². The van der Waals surface area contributed by atoms with Crippen LogP contribution in [0.3, 0.4) is 0 Å². The highest BCUT2D eigenvalue weighted by molar-refractivity contribution is 7.17. The van der Waals surface area contributed by atoms with Gasteiger partial charge in [0.05, 0.1) is 16.1 Å². The summed E-state index contributed by atoms with van der Waals surface area (Å²) in [5.41, 5.74) is 2.27. The Hall–Kier alpha value is -1.85. The van der Waals surface area contributed by atoms with Gasteiger partial charge in [-0.3, -0.25) is 9.59 Å². The van der Waals surface area contributed by atoms with Gasteiger partial charge in [0.25, 0.3) is 11.8 Å². The van der Waals surface area contributed by atoms with Crippen molar-refractivity contribution in [2.45, 2.75) is 58.8 Å². The molecule has 1 aliphatic carbocycles. The minimum absolute atomic E-state index is 0.0440. The number of nitrogens with one attached hydrogen (secondary N) is 1. The van der Waals surface area contributed by atoms with Gasteiger partial charge in [-0.1, -0.05) is 44.0 Å². The first-order chi connectivity index (χ1) is 14.1. The van der Waals surface area contributed by atoms with Crippen molar-refractivity contribution in [3.05, 3.63) is 50.9 Å². The van der Waals surface area contributed by atoms with E-state index in [4.69, 9.17) is 11.6 Å². The van der Waals surface area contributed by atoms with Gasteiger partial charge in [-0.25, -0.2) is 0 Å². The Morgan fingerprint density at radius 2 is 1.76 bits per heavy atom. The second-order valence-electron chi connectivity index (χ2n) is 7.49. The molecule has 29 heavy (non-hydrogen) atoms. The summed E-state index contributed by atoms with van der Waals surface area (Å²) in [6.45, 7) is 5.64. The van der Waals surface area contributed by atoms with Gasteiger partial charge >= 0.3 is 0 Å². The van der Waals surface area contributed by atoms with Gasteiger partial charge in [0, 0.05) is 18.0 Å². The van der Waals surface area contributed by atoms with E-state index in [1.54, 1.807) is 35.6 Å². The zero-order chi connectivity index (χ0) is 20.8. The molecule has 4 nitrogen and oxygen atoms in total. The minimum Gasteiger partial charge on any atom is -0.339 e. The third-order valence-corrected chi connectivity index (χ3v) is 6.79. The van der Waals surface area contributed by atoms with Crippen molar-refractivity contribution in [3.8, 4) is 0 Å². The van der Waals surface area contributed by atoms with E-state index in [-0.39, 0.29) is 11.8 Å². The van der Waals surface area contributed by atoms with Crippen molar-refractivity contribution < 1.29 is 9.59 Å². The topological polar surface area (TPSA) is 49.4 Å². The van der Waals surface area contributed by atoms with Crippen molar-refractivity contribution in [1.82, 2.24) is 4.90 Å². The van der Waals surface area contributed by atoms with E-state index < -0.39 is 0 Å². The Morgan fingerprint density at radius 3 is 2.45 bits per heavy atom. The fourth-order valence-electron chi connectivity index (χ4n) is 3.89. The van der Waals surface area contributed by atoms with Crippen molar-refractivity contribution >= 4 is 39.8 Å². The summed E-state index contributed by atoms with van der Waals surface area (Å²) in [5, 5.41) is 4.09. The van der Waals surface area contributed by atoms with Crippen molar-refractivity contribution in [2.24, 2.45) is 0 Å². The number of amides is 2. The second-order valence-corrected chi connectivity index (χ2v) is 9.01. The number of benzene rings is 1. The zero-order valence-corrected chi connectivity index (χ0v) is 18.8. The Kier molecular flexibility index (Phi) is 7.73. The number of anilines is 1. The molecular weight excluding hydrogens is 404 g/mol. The number of thiophene rings is 1. The van der Waals surface area contributed by atoms with E-state index in [1.807, 2.05) is 4.90 Å². The van der Waals surface area contributed by atoms with E-state index in [9.17, 15) is 9.59 Å². The highest BCUT2D eigenvalue weighted by atomic mass is 35.5. The molecule has 3 rings (SSSR count). The van der Waals surface area contributed by atoms with Gasteiger partial charge in [-0.2, -0.15) is 0 Å². The minimum atomic E-state index is -0.265. The molecule has 2 aromatic rings. The molecule has 1 aromatic heterocycles. The second kappa shape index (κ2) is 10.3.